The molecule has 6 fully saturated rings. The lowest BCUT2D eigenvalue weighted by molar-refractivity contribution is -0.339. The molecule has 2 saturated heterocycles. The van der Waals surface area contributed by atoms with Crippen LogP contribution >= 0.6 is 0 Å². The van der Waals surface area contributed by atoms with Gasteiger partial charge in [0, 0.05) is 12.3 Å². The number of hydrogen-bond acceptors (Lipinski definition) is 13. The highest BCUT2D eigenvalue weighted by Crippen LogP contribution is 2.75. The lowest BCUT2D eigenvalue weighted by Gasteiger charge is -2.70. The number of fused-ring (bicyclic) bond motifs is 5. The van der Waals surface area contributed by atoms with Crippen LogP contribution in [-0.2, 0) is 23.7 Å². The summed E-state index contributed by atoms with van der Waals surface area (Å²) in [6.45, 7) is 15.9. The molecule has 8 N–H and O–H groups in total. The summed E-state index contributed by atoms with van der Waals surface area (Å²) in [5.41, 5.74) is -1.63. The van der Waals surface area contributed by atoms with E-state index in [1.807, 2.05) is 20.8 Å². The minimum absolute atomic E-state index is 0.0209. The van der Waals surface area contributed by atoms with Gasteiger partial charge in [0.05, 0.1) is 31.0 Å². The van der Waals surface area contributed by atoms with E-state index in [4.69, 9.17) is 18.9 Å². The molecule has 0 amide bonds. The SMILES string of the molecule is CC(C)=CCC[C@](C)(O[C@@H]1O[C@H](CO[C@H]2O[C@@H](CO)[C@H](O)[C@H]2O)[C@@H](O)[C@H](O)[C@H]1O)[C@H]1CC[C@]2(C)[C@@H]1C(=O)C[C@@H]1[C@@]3(C)CC[C@H](O)C(C)(C)[C@@H]3[C@@H](O)C[C@]12C. The van der Waals surface area contributed by atoms with E-state index in [1.54, 1.807) is 0 Å². The number of aliphatic hydroxyl groups is 8. The molecule has 4 aliphatic carbocycles. The molecule has 0 aromatic heterocycles. The van der Waals surface area contributed by atoms with Crippen LogP contribution in [0.1, 0.15) is 107 Å². The molecule has 54 heavy (non-hydrogen) atoms. The molecule has 0 aromatic rings. The van der Waals surface area contributed by atoms with Crippen LogP contribution in [0.3, 0.4) is 0 Å². The third-order valence-electron chi connectivity index (χ3n) is 16.0. The summed E-state index contributed by atoms with van der Waals surface area (Å²) < 4.78 is 24.0. The molecule has 0 aromatic carbocycles. The number of carbonyl (C=O) groups is 1. The van der Waals surface area contributed by atoms with Crippen LogP contribution in [-0.4, -0.2) is 133 Å². The first kappa shape index (κ1) is 42.5. The number of aliphatic hydroxyl groups excluding tert-OH is 8. The van der Waals surface area contributed by atoms with Crippen molar-refractivity contribution in [1.82, 2.24) is 0 Å². The van der Waals surface area contributed by atoms with Crippen molar-refractivity contribution >= 4 is 5.78 Å². The Morgan fingerprint density at radius 1 is 0.852 bits per heavy atom. The number of hydrogen-bond donors (Lipinski definition) is 8. The van der Waals surface area contributed by atoms with Crippen LogP contribution < -0.4 is 0 Å². The summed E-state index contributed by atoms with van der Waals surface area (Å²) in [6, 6.07) is 0. The van der Waals surface area contributed by atoms with Gasteiger partial charge in [-0.1, -0.05) is 46.3 Å². The average molecular weight is 769 g/mol. The Labute approximate surface area is 320 Å². The Balaban J connectivity index is 1.28. The summed E-state index contributed by atoms with van der Waals surface area (Å²) in [5.74, 6) is -0.660. The number of rotatable bonds is 10. The van der Waals surface area contributed by atoms with Crippen molar-refractivity contribution in [2.45, 2.75) is 180 Å². The number of ether oxygens (including phenoxy) is 4. The van der Waals surface area contributed by atoms with Crippen LogP contribution in [0.4, 0.5) is 0 Å². The normalized spacial score (nSPS) is 51.2. The van der Waals surface area contributed by atoms with Crippen LogP contribution in [0.15, 0.2) is 11.6 Å². The summed E-state index contributed by atoms with van der Waals surface area (Å²) in [5, 5.41) is 86.3. The summed E-state index contributed by atoms with van der Waals surface area (Å²) >= 11 is 0. The van der Waals surface area contributed by atoms with Gasteiger partial charge >= 0.3 is 0 Å². The van der Waals surface area contributed by atoms with Crippen molar-refractivity contribution in [2.75, 3.05) is 13.2 Å². The van der Waals surface area contributed by atoms with Gasteiger partial charge in [-0.15, -0.1) is 0 Å². The Kier molecular flexibility index (Phi) is 11.8. The summed E-state index contributed by atoms with van der Waals surface area (Å²) in [7, 11) is 0. The first-order valence-corrected chi connectivity index (χ1v) is 20.2. The summed E-state index contributed by atoms with van der Waals surface area (Å²) in [4.78, 5) is 14.8. The fourth-order valence-electron chi connectivity index (χ4n) is 12.9. The predicted molar refractivity (Wildman–Crippen MR) is 195 cm³/mol. The first-order valence-electron chi connectivity index (χ1n) is 20.2. The van der Waals surface area contributed by atoms with Gasteiger partial charge in [-0.2, -0.15) is 0 Å². The van der Waals surface area contributed by atoms with E-state index >= 15 is 0 Å². The Bertz CT molecular complexity index is 1400. The Hall–Kier alpha value is -1.07. The molecule has 0 radical (unpaired) electrons. The topological polar surface area (TPSA) is 216 Å². The maximum Gasteiger partial charge on any atom is 0.187 e. The van der Waals surface area contributed by atoms with E-state index in [2.05, 4.69) is 40.7 Å². The van der Waals surface area contributed by atoms with Gasteiger partial charge in [-0.25, -0.2) is 0 Å². The molecule has 19 atom stereocenters. The number of ketones is 1. The number of carbonyl (C=O) groups excluding carboxylic acids is 1. The third-order valence-corrected chi connectivity index (χ3v) is 16.0. The minimum atomic E-state index is -1.68. The second-order valence-electron chi connectivity index (χ2n) is 19.6. The Morgan fingerprint density at radius 3 is 2.11 bits per heavy atom. The van der Waals surface area contributed by atoms with Crippen LogP contribution in [0.25, 0.3) is 0 Å². The van der Waals surface area contributed by atoms with Crippen LogP contribution in [0.2, 0.25) is 0 Å². The maximum absolute atomic E-state index is 14.8. The lowest BCUT2D eigenvalue weighted by atomic mass is 9.34. The van der Waals surface area contributed by atoms with E-state index in [1.165, 1.54) is 0 Å². The van der Waals surface area contributed by atoms with Crippen LogP contribution in [0.5, 0.6) is 0 Å². The zero-order valence-electron chi connectivity index (χ0n) is 33.4. The molecule has 310 valence electrons. The van der Waals surface area contributed by atoms with Gasteiger partial charge < -0.3 is 59.8 Å². The second-order valence-corrected chi connectivity index (χ2v) is 19.6. The molecule has 2 heterocycles. The van der Waals surface area contributed by atoms with Crippen molar-refractivity contribution in [2.24, 2.45) is 45.3 Å². The molecular weight excluding hydrogens is 700 g/mol. The molecule has 0 unspecified atom stereocenters. The fraction of sp³-hybridized carbons (Fsp3) is 0.927. The van der Waals surface area contributed by atoms with Gasteiger partial charge in [0.15, 0.2) is 12.6 Å². The molecule has 0 spiro atoms. The molecule has 2 aliphatic heterocycles. The smallest absolute Gasteiger partial charge is 0.187 e. The van der Waals surface area contributed by atoms with Crippen LogP contribution in [0, 0.1) is 45.3 Å². The number of allylic oxidation sites excluding steroid dienone is 2. The van der Waals surface area contributed by atoms with Crippen molar-refractivity contribution in [3.05, 3.63) is 11.6 Å². The zero-order chi connectivity index (χ0) is 39.9. The van der Waals surface area contributed by atoms with Crippen molar-refractivity contribution in [3.63, 3.8) is 0 Å². The highest BCUT2D eigenvalue weighted by atomic mass is 16.7. The lowest BCUT2D eigenvalue weighted by Crippen LogP contribution is -2.69. The Morgan fingerprint density at radius 2 is 1.48 bits per heavy atom. The molecule has 6 rings (SSSR count). The first-order chi connectivity index (χ1) is 25.1. The molecule has 13 heteroatoms. The molecule has 4 saturated carbocycles. The molecular formula is C41H68O13. The zero-order valence-corrected chi connectivity index (χ0v) is 33.4. The van der Waals surface area contributed by atoms with E-state index in [0.29, 0.717) is 38.5 Å². The van der Waals surface area contributed by atoms with Gasteiger partial charge in [0.25, 0.3) is 0 Å². The van der Waals surface area contributed by atoms with Crippen molar-refractivity contribution < 1.29 is 64.6 Å². The molecule has 13 nitrogen and oxygen atoms in total. The highest BCUT2D eigenvalue weighted by Gasteiger charge is 2.73. The van der Waals surface area contributed by atoms with E-state index in [0.717, 1.165) is 18.4 Å². The molecule has 6 aliphatic rings. The second kappa shape index (κ2) is 14.9. The summed E-state index contributed by atoms with van der Waals surface area (Å²) in [6.07, 6.45) is -7.09. The quantitative estimate of drug-likeness (QED) is 0.150. The molecule has 0 bridgehead atoms. The van der Waals surface area contributed by atoms with Gasteiger partial charge in [0.1, 0.15) is 48.5 Å². The van der Waals surface area contributed by atoms with Crippen molar-refractivity contribution in [1.29, 1.82) is 0 Å². The average Bonchev–Trinajstić information content (AvgIpc) is 3.61. The van der Waals surface area contributed by atoms with Gasteiger partial charge in [-0.3, -0.25) is 4.79 Å². The number of Topliss-reactive ketones (excluding diaryl/α,β-unsaturated/α-hetero) is 1. The van der Waals surface area contributed by atoms with E-state index < -0.39 is 103 Å². The largest absolute Gasteiger partial charge is 0.394 e. The monoisotopic (exact) mass is 768 g/mol. The maximum atomic E-state index is 14.8. The minimum Gasteiger partial charge on any atom is -0.394 e. The fourth-order valence-corrected chi connectivity index (χ4v) is 12.9. The van der Waals surface area contributed by atoms with Crippen molar-refractivity contribution in [3.8, 4) is 0 Å². The predicted octanol–water partition coefficient (Wildman–Crippen LogP) is 1.97. The highest BCUT2D eigenvalue weighted by molar-refractivity contribution is 5.84. The van der Waals surface area contributed by atoms with E-state index in [-0.39, 0.29) is 34.4 Å². The van der Waals surface area contributed by atoms with Gasteiger partial charge in [0.2, 0.25) is 0 Å². The van der Waals surface area contributed by atoms with E-state index in [9.17, 15) is 45.6 Å². The third kappa shape index (κ3) is 6.67. The van der Waals surface area contributed by atoms with Gasteiger partial charge in [-0.05, 0) is 105 Å². The standard InChI is InChI=1S/C41H68O13/c1-20(2)10-9-13-41(8,54-36-33(50)31(48)30(47)25(53-36)19-51-35-32(49)29(46)24(18-42)52-35)21-11-15-39(6)28(21)22(43)16-26-38(5)14-12-27(45)37(3,4)34(38)23(44)17-40(26,39)7/h10,21,23-36,42,44-50H,9,11-19H2,1-8H3/t21-,23-,24-,25+,26+,27-,28-,29-,30+,31-,32+,33+,34-,35-,36-,38+,39+,40+,41-/m0/s1.